The molecule has 20 heavy (non-hydrogen) atoms. The maximum Gasteiger partial charge on any atom is 0.230 e. The summed E-state index contributed by atoms with van der Waals surface area (Å²) in [6, 6.07) is 5.73. The smallest absolute Gasteiger partial charge is 0.230 e. The SMILES string of the molecule is Nc1ccc(SCC(=O)NC2CCCCCC2)c(Cl)c1. The molecular formula is C15H21ClN2OS. The molecule has 0 atom stereocenters. The maximum absolute atomic E-state index is 12.0. The molecule has 3 nitrogen and oxygen atoms in total. The summed E-state index contributed by atoms with van der Waals surface area (Å²) in [6.07, 6.45) is 7.26. The van der Waals surface area contributed by atoms with Crippen LogP contribution in [0.25, 0.3) is 0 Å². The fourth-order valence-electron chi connectivity index (χ4n) is 2.47. The normalized spacial score (nSPS) is 16.6. The third-order valence-corrected chi connectivity index (χ3v) is 5.03. The number of carbonyl (C=O) groups excluding carboxylic acids is 1. The van der Waals surface area contributed by atoms with Gasteiger partial charge >= 0.3 is 0 Å². The summed E-state index contributed by atoms with van der Waals surface area (Å²) in [4.78, 5) is 12.9. The molecule has 0 radical (unpaired) electrons. The minimum absolute atomic E-state index is 0.0924. The molecule has 110 valence electrons. The van der Waals surface area contributed by atoms with Crippen molar-refractivity contribution < 1.29 is 4.79 Å². The van der Waals surface area contributed by atoms with Gasteiger partial charge in [0.1, 0.15) is 0 Å². The van der Waals surface area contributed by atoms with Crippen LogP contribution in [-0.2, 0) is 4.79 Å². The van der Waals surface area contributed by atoms with E-state index in [2.05, 4.69) is 5.32 Å². The van der Waals surface area contributed by atoms with Gasteiger partial charge in [-0.15, -0.1) is 11.8 Å². The second-order valence-corrected chi connectivity index (χ2v) is 6.66. The molecule has 0 unspecified atom stereocenters. The van der Waals surface area contributed by atoms with E-state index in [1.807, 2.05) is 6.07 Å². The van der Waals surface area contributed by atoms with E-state index in [9.17, 15) is 4.79 Å². The predicted molar refractivity (Wildman–Crippen MR) is 86.2 cm³/mol. The number of hydrogen-bond acceptors (Lipinski definition) is 3. The van der Waals surface area contributed by atoms with Crippen LogP contribution in [0, 0.1) is 0 Å². The summed E-state index contributed by atoms with van der Waals surface area (Å²) in [5, 5.41) is 3.74. The van der Waals surface area contributed by atoms with Crippen LogP contribution in [-0.4, -0.2) is 17.7 Å². The Hall–Kier alpha value is -0.870. The van der Waals surface area contributed by atoms with E-state index in [0.717, 1.165) is 17.7 Å². The minimum Gasteiger partial charge on any atom is -0.399 e. The number of carbonyl (C=O) groups is 1. The van der Waals surface area contributed by atoms with Crippen molar-refractivity contribution >= 4 is 35.0 Å². The molecule has 1 amide bonds. The van der Waals surface area contributed by atoms with Gasteiger partial charge in [-0.2, -0.15) is 0 Å². The first-order chi connectivity index (χ1) is 9.65. The zero-order valence-electron chi connectivity index (χ0n) is 11.5. The second-order valence-electron chi connectivity index (χ2n) is 5.23. The zero-order valence-corrected chi connectivity index (χ0v) is 13.1. The Labute approximate surface area is 129 Å². The number of benzene rings is 1. The monoisotopic (exact) mass is 312 g/mol. The van der Waals surface area contributed by atoms with Crippen molar-refractivity contribution in [3.63, 3.8) is 0 Å². The van der Waals surface area contributed by atoms with Crippen LogP contribution in [0.1, 0.15) is 38.5 Å². The van der Waals surface area contributed by atoms with Gasteiger partial charge in [0, 0.05) is 16.6 Å². The number of nitrogens with two attached hydrogens (primary N) is 1. The van der Waals surface area contributed by atoms with E-state index in [0.29, 0.717) is 22.5 Å². The van der Waals surface area contributed by atoms with E-state index < -0.39 is 0 Å². The number of nitrogens with one attached hydrogen (secondary N) is 1. The van der Waals surface area contributed by atoms with Gasteiger partial charge in [0.15, 0.2) is 0 Å². The van der Waals surface area contributed by atoms with Gasteiger partial charge < -0.3 is 11.1 Å². The van der Waals surface area contributed by atoms with E-state index in [4.69, 9.17) is 17.3 Å². The Morgan fingerprint density at radius 2 is 2.00 bits per heavy atom. The lowest BCUT2D eigenvalue weighted by Gasteiger charge is -2.16. The molecular weight excluding hydrogens is 292 g/mol. The van der Waals surface area contributed by atoms with Crippen LogP contribution in [0.15, 0.2) is 23.1 Å². The van der Waals surface area contributed by atoms with Gasteiger partial charge in [0.2, 0.25) is 5.91 Å². The zero-order chi connectivity index (χ0) is 14.4. The number of hydrogen-bond donors (Lipinski definition) is 2. The standard InChI is InChI=1S/C15H21ClN2OS/c16-13-9-11(17)7-8-14(13)20-10-15(19)18-12-5-3-1-2-4-6-12/h7-9,12H,1-6,10,17H2,(H,18,19). The van der Waals surface area contributed by atoms with Crippen molar-refractivity contribution in [3.05, 3.63) is 23.2 Å². The molecule has 1 fully saturated rings. The largest absolute Gasteiger partial charge is 0.399 e. The van der Waals surface area contributed by atoms with Crippen LogP contribution in [0.5, 0.6) is 0 Å². The average Bonchev–Trinajstić information content (AvgIpc) is 2.66. The Bertz CT molecular complexity index is 459. The van der Waals surface area contributed by atoms with Crippen molar-refractivity contribution in [3.8, 4) is 0 Å². The number of anilines is 1. The lowest BCUT2D eigenvalue weighted by Crippen LogP contribution is -2.35. The highest BCUT2D eigenvalue weighted by atomic mass is 35.5. The topological polar surface area (TPSA) is 55.1 Å². The summed E-state index contributed by atoms with van der Waals surface area (Å²) in [5.74, 6) is 0.495. The molecule has 1 saturated carbocycles. The fraction of sp³-hybridized carbons (Fsp3) is 0.533. The van der Waals surface area contributed by atoms with Gasteiger partial charge in [0.25, 0.3) is 0 Å². The third-order valence-electron chi connectivity index (χ3n) is 3.53. The molecule has 1 aromatic carbocycles. The lowest BCUT2D eigenvalue weighted by molar-refractivity contribution is -0.119. The van der Waals surface area contributed by atoms with Crippen molar-refractivity contribution in [1.29, 1.82) is 0 Å². The van der Waals surface area contributed by atoms with E-state index in [1.165, 1.54) is 37.4 Å². The molecule has 3 N–H and O–H groups in total. The summed E-state index contributed by atoms with van der Waals surface area (Å²) in [6.45, 7) is 0. The van der Waals surface area contributed by atoms with Gasteiger partial charge in [0.05, 0.1) is 10.8 Å². The van der Waals surface area contributed by atoms with Crippen LogP contribution in [0.2, 0.25) is 5.02 Å². The lowest BCUT2D eigenvalue weighted by atomic mass is 10.1. The quantitative estimate of drug-likeness (QED) is 0.504. The molecule has 1 aliphatic carbocycles. The first-order valence-corrected chi connectivity index (χ1v) is 8.48. The first kappa shape index (κ1) is 15.5. The Balaban J connectivity index is 1.79. The number of thioether (sulfide) groups is 1. The predicted octanol–water partition coefficient (Wildman–Crippen LogP) is 3.85. The van der Waals surface area contributed by atoms with Gasteiger partial charge in [-0.3, -0.25) is 4.79 Å². The third kappa shape index (κ3) is 4.91. The van der Waals surface area contributed by atoms with Crippen LogP contribution in [0.3, 0.4) is 0 Å². The van der Waals surface area contributed by atoms with Crippen molar-refractivity contribution in [2.45, 2.75) is 49.5 Å². The second kappa shape index (κ2) is 7.79. The summed E-state index contributed by atoms with van der Waals surface area (Å²) in [5.41, 5.74) is 6.29. The highest BCUT2D eigenvalue weighted by molar-refractivity contribution is 8.00. The minimum atomic E-state index is 0.0924. The molecule has 0 spiro atoms. The summed E-state index contributed by atoms with van der Waals surface area (Å²) >= 11 is 7.55. The van der Waals surface area contributed by atoms with Gasteiger partial charge in [-0.1, -0.05) is 37.3 Å². The maximum atomic E-state index is 12.0. The Morgan fingerprint density at radius 1 is 1.30 bits per heavy atom. The van der Waals surface area contributed by atoms with E-state index >= 15 is 0 Å². The fourth-order valence-corrected chi connectivity index (χ4v) is 3.55. The Kier molecular flexibility index (Phi) is 6.05. The molecule has 1 aliphatic rings. The van der Waals surface area contributed by atoms with Gasteiger partial charge in [-0.25, -0.2) is 0 Å². The van der Waals surface area contributed by atoms with E-state index in [-0.39, 0.29) is 5.91 Å². The first-order valence-electron chi connectivity index (χ1n) is 7.12. The molecule has 5 heteroatoms. The average molecular weight is 313 g/mol. The molecule has 0 bridgehead atoms. The molecule has 0 saturated heterocycles. The van der Waals surface area contributed by atoms with Crippen molar-refractivity contribution in [2.75, 3.05) is 11.5 Å². The number of nitrogen functional groups attached to an aromatic ring is 1. The Morgan fingerprint density at radius 3 is 2.65 bits per heavy atom. The highest BCUT2D eigenvalue weighted by Gasteiger charge is 2.15. The van der Waals surface area contributed by atoms with E-state index in [1.54, 1.807) is 12.1 Å². The highest BCUT2D eigenvalue weighted by Crippen LogP contribution is 2.28. The summed E-state index contributed by atoms with van der Waals surface area (Å²) in [7, 11) is 0. The van der Waals surface area contributed by atoms with Crippen LogP contribution in [0.4, 0.5) is 5.69 Å². The van der Waals surface area contributed by atoms with Crippen molar-refractivity contribution in [2.24, 2.45) is 0 Å². The van der Waals surface area contributed by atoms with Gasteiger partial charge in [-0.05, 0) is 31.0 Å². The summed E-state index contributed by atoms with van der Waals surface area (Å²) < 4.78 is 0. The number of rotatable bonds is 4. The van der Waals surface area contributed by atoms with Crippen LogP contribution >= 0.6 is 23.4 Å². The van der Waals surface area contributed by atoms with Crippen molar-refractivity contribution in [1.82, 2.24) is 5.32 Å². The number of amides is 1. The molecule has 0 aromatic heterocycles. The number of halogens is 1. The molecule has 1 aromatic rings. The molecule has 0 aliphatic heterocycles. The molecule has 0 heterocycles. The molecule has 2 rings (SSSR count). The van der Waals surface area contributed by atoms with Crippen LogP contribution < -0.4 is 11.1 Å².